The van der Waals surface area contributed by atoms with Crippen LogP contribution >= 0.6 is 0 Å². The smallest absolute Gasteiger partial charge is 0.314 e. The van der Waals surface area contributed by atoms with Gasteiger partial charge in [0.05, 0.1) is 32.0 Å². The third-order valence-corrected chi connectivity index (χ3v) is 4.97. The average molecular weight is 442 g/mol. The van der Waals surface area contributed by atoms with E-state index in [9.17, 15) is 13.2 Å². The Morgan fingerprint density at radius 1 is 1.06 bits per heavy atom. The van der Waals surface area contributed by atoms with Crippen molar-refractivity contribution in [1.82, 2.24) is 25.2 Å². The number of hydrogen-bond donors (Lipinski definition) is 1. The van der Waals surface area contributed by atoms with E-state index in [1.165, 1.54) is 16.8 Å². The molecule has 1 N–H and O–H groups in total. The van der Waals surface area contributed by atoms with E-state index >= 15 is 0 Å². The number of rotatable bonds is 7. The molecule has 0 radical (unpaired) electrons. The lowest BCUT2D eigenvalue weighted by Gasteiger charge is -2.27. The standard InChI is InChI=1S/C21H17F3N6O2/c22-17-7-13(20-27-28-21(32-20)19(23)24)4-5-14(17)8-30-9-18(26-29-30)12-2-1-3-15(6-12)25-16-10-31-11-16/h1-7,9,16,19,25H,8,10-11H2. The molecular weight excluding hydrogens is 425 g/mol. The summed E-state index contributed by atoms with van der Waals surface area (Å²) in [7, 11) is 0. The van der Waals surface area contributed by atoms with E-state index in [-0.39, 0.29) is 18.0 Å². The maximum atomic E-state index is 14.6. The van der Waals surface area contributed by atoms with Gasteiger partial charge in [-0.2, -0.15) is 8.78 Å². The Hall–Kier alpha value is -3.73. The van der Waals surface area contributed by atoms with E-state index in [4.69, 9.17) is 9.15 Å². The Morgan fingerprint density at radius 2 is 1.94 bits per heavy atom. The van der Waals surface area contributed by atoms with Crippen LogP contribution in [0, 0.1) is 5.82 Å². The summed E-state index contributed by atoms with van der Waals surface area (Å²) in [5, 5.41) is 18.4. The molecular formula is C21H17F3N6O2. The molecule has 0 bridgehead atoms. The molecule has 11 heteroatoms. The zero-order valence-electron chi connectivity index (χ0n) is 16.6. The van der Waals surface area contributed by atoms with Crippen LogP contribution in [0.25, 0.3) is 22.7 Å². The molecule has 1 saturated heterocycles. The van der Waals surface area contributed by atoms with Crippen LogP contribution < -0.4 is 5.32 Å². The summed E-state index contributed by atoms with van der Waals surface area (Å²) >= 11 is 0. The average Bonchev–Trinajstić information content (AvgIpc) is 3.43. The van der Waals surface area contributed by atoms with E-state index in [1.54, 1.807) is 6.20 Å². The highest BCUT2D eigenvalue weighted by Crippen LogP contribution is 2.26. The number of aromatic nitrogens is 5. The summed E-state index contributed by atoms with van der Waals surface area (Å²) < 4.78 is 51.4. The molecule has 8 nitrogen and oxygen atoms in total. The summed E-state index contributed by atoms with van der Waals surface area (Å²) in [6.07, 6.45) is -1.16. The zero-order chi connectivity index (χ0) is 22.1. The molecule has 1 aliphatic heterocycles. The maximum absolute atomic E-state index is 14.6. The van der Waals surface area contributed by atoms with E-state index in [2.05, 4.69) is 25.8 Å². The fraction of sp³-hybridized carbons (Fsp3) is 0.238. The molecule has 32 heavy (non-hydrogen) atoms. The van der Waals surface area contributed by atoms with Crippen molar-refractivity contribution in [2.75, 3.05) is 18.5 Å². The number of nitrogens with one attached hydrogen (secondary N) is 1. The summed E-state index contributed by atoms with van der Waals surface area (Å²) in [5.41, 5.74) is 3.05. The Labute approximate surface area is 180 Å². The van der Waals surface area contributed by atoms with Gasteiger partial charge < -0.3 is 14.5 Å². The number of alkyl halides is 2. The molecule has 2 aromatic carbocycles. The number of anilines is 1. The van der Waals surface area contributed by atoms with Gasteiger partial charge in [-0.1, -0.05) is 23.4 Å². The molecule has 2 aromatic heterocycles. The normalized spacial score (nSPS) is 14.0. The minimum atomic E-state index is -2.88. The third-order valence-electron chi connectivity index (χ3n) is 4.97. The van der Waals surface area contributed by atoms with Gasteiger partial charge >= 0.3 is 6.43 Å². The maximum Gasteiger partial charge on any atom is 0.314 e. The molecule has 3 heterocycles. The van der Waals surface area contributed by atoms with Gasteiger partial charge in [-0.3, -0.25) is 0 Å². The van der Waals surface area contributed by atoms with Crippen molar-refractivity contribution in [2.45, 2.75) is 19.0 Å². The quantitative estimate of drug-likeness (QED) is 0.464. The SMILES string of the molecule is Fc1cc(-c2nnc(C(F)F)o2)ccc1Cn1cc(-c2cccc(NC3COC3)c2)nn1. The van der Waals surface area contributed by atoms with Gasteiger partial charge in [0, 0.05) is 22.4 Å². The fourth-order valence-corrected chi connectivity index (χ4v) is 3.25. The van der Waals surface area contributed by atoms with E-state index in [0.717, 1.165) is 17.3 Å². The van der Waals surface area contributed by atoms with E-state index < -0.39 is 18.1 Å². The largest absolute Gasteiger partial charge is 0.415 e. The highest BCUT2D eigenvalue weighted by atomic mass is 19.3. The van der Waals surface area contributed by atoms with Gasteiger partial charge in [-0.05, 0) is 24.3 Å². The third kappa shape index (κ3) is 4.19. The van der Waals surface area contributed by atoms with E-state index in [1.807, 2.05) is 24.3 Å². The monoisotopic (exact) mass is 442 g/mol. The Balaban J connectivity index is 1.30. The summed E-state index contributed by atoms with van der Waals surface area (Å²) in [5.74, 6) is -1.53. The lowest BCUT2D eigenvalue weighted by atomic mass is 10.1. The number of nitrogens with zero attached hydrogens (tertiary/aromatic N) is 5. The molecule has 0 aliphatic carbocycles. The lowest BCUT2D eigenvalue weighted by Crippen LogP contribution is -2.40. The van der Waals surface area contributed by atoms with Crippen molar-refractivity contribution < 1.29 is 22.3 Å². The predicted octanol–water partition coefficient (Wildman–Crippen LogP) is 3.93. The first-order valence-corrected chi connectivity index (χ1v) is 9.80. The first-order chi connectivity index (χ1) is 15.5. The first-order valence-electron chi connectivity index (χ1n) is 9.80. The van der Waals surface area contributed by atoms with Crippen LogP contribution in [0.2, 0.25) is 0 Å². The summed E-state index contributed by atoms with van der Waals surface area (Å²) in [6.45, 7) is 1.51. The van der Waals surface area contributed by atoms with Crippen molar-refractivity contribution >= 4 is 5.69 Å². The lowest BCUT2D eigenvalue weighted by molar-refractivity contribution is 0.0211. The number of hydrogen-bond acceptors (Lipinski definition) is 7. The van der Waals surface area contributed by atoms with Crippen LogP contribution in [0.1, 0.15) is 17.9 Å². The van der Waals surface area contributed by atoms with Crippen LogP contribution in [0.5, 0.6) is 0 Å². The first kappa shape index (κ1) is 20.2. The fourth-order valence-electron chi connectivity index (χ4n) is 3.25. The van der Waals surface area contributed by atoms with Crippen molar-refractivity contribution in [3.05, 3.63) is 65.9 Å². The number of halogens is 3. The zero-order valence-corrected chi connectivity index (χ0v) is 16.6. The molecule has 0 amide bonds. The molecule has 0 atom stereocenters. The highest BCUT2D eigenvalue weighted by Gasteiger charge is 2.19. The van der Waals surface area contributed by atoms with Gasteiger partial charge in [0.25, 0.3) is 5.89 Å². The number of ether oxygens (including phenoxy) is 1. The summed E-state index contributed by atoms with van der Waals surface area (Å²) in [6, 6.07) is 12.3. The van der Waals surface area contributed by atoms with Crippen LogP contribution in [0.3, 0.4) is 0 Å². The van der Waals surface area contributed by atoms with Gasteiger partial charge in [-0.15, -0.1) is 15.3 Å². The van der Waals surface area contributed by atoms with Gasteiger partial charge in [0.1, 0.15) is 11.5 Å². The predicted molar refractivity (Wildman–Crippen MR) is 107 cm³/mol. The van der Waals surface area contributed by atoms with Crippen molar-refractivity contribution in [1.29, 1.82) is 0 Å². The summed E-state index contributed by atoms with van der Waals surface area (Å²) in [4.78, 5) is 0. The van der Waals surface area contributed by atoms with Gasteiger partial charge in [0.2, 0.25) is 5.89 Å². The van der Waals surface area contributed by atoms with Crippen LogP contribution in [0.4, 0.5) is 18.9 Å². The molecule has 0 unspecified atom stereocenters. The molecule has 164 valence electrons. The van der Waals surface area contributed by atoms with Gasteiger partial charge in [0.15, 0.2) is 0 Å². The molecule has 1 aliphatic rings. The van der Waals surface area contributed by atoms with Crippen LogP contribution in [-0.2, 0) is 11.3 Å². The van der Waals surface area contributed by atoms with Crippen molar-refractivity contribution in [2.24, 2.45) is 0 Å². The number of benzene rings is 2. The molecule has 0 saturated carbocycles. The Kier molecular flexibility index (Phi) is 5.31. The second-order valence-electron chi connectivity index (χ2n) is 7.31. The second-order valence-corrected chi connectivity index (χ2v) is 7.31. The minimum Gasteiger partial charge on any atom is -0.415 e. The van der Waals surface area contributed by atoms with Crippen LogP contribution in [-0.4, -0.2) is 44.4 Å². The van der Waals surface area contributed by atoms with Crippen molar-refractivity contribution in [3.8, 4) is 22.7 Å². The molecule has 1 fully saturated rings. The molecule has 0 spiro atoms. The molecule has 4 aromatic rings. The van der Waals surface area contributed by atoms with Gasteiger partial charge in [-0.25, -0.2) is 9.07 Å². The van der Waals surface area contributed by atoms with E-state index in [0.29, 0.717) is 30.5 Å². The Bertz CT molecular complexity index is 1240. The minimum absolute atomic E-state index is 0.141. The topological polar surface area (TPSA) is 90.9 Å². The second kappa shape index (κ2) is 8.42. The van der Waals surface area contributed by atoms with Crippen LogP contribution in [0.15, 0.2) is 53.1 Å². The van der Waals surface area contributed by atoms with Crippen molar-refractivity contribution in [3.63, 3.8) is 0 Å². The molecule has 5 rings (SSSR count). The highest BCUT2D eigenvalue weighted by molar-refractivity contribution is 5.64. The Morgan fingerprint density at radius 3 is 2.66 bits per heavy atom.